The van der Waals surface area contributed by atoms with Gasteiger partial charge in [0.25, 0.3) is 0 Å². The van der Waals surface area contributed by atoms with Crippen LogP contribution in [0.4, 0.5) is 0 Å². The summed E-state index contributed by atoms with van der Waals surface area (Å²) in [5, 5.41) is 20.3. The first-order chi connectivity index (χ1) is 13.5. The van der Waals surface area contributed by atoms with Crippen LogP contribution < -0.4 is 0 Å². The lowest BCUT2D eigenvalue weighted by Gasteiger charge is -2.55. The van der Waals surface area contributed by atoms with Crippen LogP contribution in [0, 0.1) is 34.5 Å². The Hall–Kier alpha value is -0.600. The number of rotatable bonds is 5. The third-order valence-electron chi connectivity index (χ3n) is 9.75. The number of hydrogen-bond acceptors (Lipinski definition) is 2. The lowest BCUT2D eigenvalue weighted by atomic mass is 9.50. The molecule has 0 radical (unpaired) electrons. The molecular weight excluding hydrogens is 356 g/mol. The van der Waals surface area contributed by atoms with Crippen LogP contribution in [0.1, 0.15) is 98.8 Å². The fourth-order valence-corrected chi connectivity index (χ4v) is 8.02. The highest BCUT2D eigenvalue weighted by atomic mass is 16.3. The summed E-state index contributed by atoms with van der Waals surface area (Å²) in [7, 11) is 0. The maximum Gasteiger partial charge on any atom is 0.0591 e. The van der Waals surface area contributed by atoms with E-state index in [0.717, 1.165) is 49.9 Å². The molecule has 0 aliphatic heterocycles. The lowest BCUT2D eigenvalue weighted by molar-refractivity contribution is 0.0298. The zero-order valence-electron chi connectivity index (χ0n) is 19.5. The van der Waals surface area contributed by atoms with Crippen molar-refractivity contribution in [3.63, 3.8) is 0 Å². The van der Waals surface area contributed by atoms with Gasteiger partial charge in [-0.05, 0) is 99.7 Å². The van der Waals surface area contributed by atoms with Crippen molar-refractivity contribution >= 4 is 0 Å². The van der Waals surface area contributed by atoms with Crippen molar-refractivity contribution in [2.24, 2.45) is 34.5 Å². The van der Waals surface area contributed by atoms with Crippen molar-refractivity contribution in [2.45, 2.75) is 111 Å². The largest absolute Gasteiger partial charge is 0.393 e. The molecule has 0 bridgehead atoms. The zero-order chi connectivity index (χ0) is 21.0. The molecule has 0 saturated heterocycles. The molecule has 0 aromatic rings. The predicted molar refractivity (Wildman–Crippen MR) is 120 cm³/mol. The van der Waals surface area contributed by atoms with Gasteiger partial charge in [-0.15, -0.1) is 0 Å². The second-order valence-electron chi connectivity index (χ2n) is 12.2. The van der Waals surface area contributed by atoms with E-state index in [-0.39, 0.29) is 6.10 Å². The van der Waals surface area contributed by atoms with Gasteiger partial charge >= 0.3 is 0 Å². The summed E-state index contributed by atoms with van der Waals surface area (Å²) in [4.78, 5) is 0. The number of allylic oxidation sites excluding steroid dienone is 3. The van der Waals surface area contributed by atoms with E-state index in [9.17, 15) is 10.2 Å². The minimum atomic E-state index is -0.528. The Morgan fingerprint density at radius 1 is 1.07 bits per heavy atom. The standard InChI is InChI=1S/C27H44O2/c1-18(7-6-14-25(2,3)29)22-10-11-23-21-9-8-19-17-20(28)12-15-26(19,4)24(21)13-16-27(22,23)5/h8-9,18,20,22-24,28-29H,6-7,10-17H2,1-5H3/t18-,20+,22?,23+,24+,26+,27-/m1/s1. The van der Waals surface area contributed by atoms with E-state index in [1.165, 1.54) is 37.7 Å². The Labute approximate surface area is 178 Å². The van der Waals surface area contributed by atoms with Gasteiger partial charge in [0, 0.05) is 0 Å². The fourth-order valence-electron chi connectivity index (χ4n) is 8.02. The quantitative estimate of drug-likeness (QED) is 0.559. The molecule has 0 heterocycles. The molecule has 0 aromatic heterocycles. The zero-order valence-corrected chi connectivity index (χ0v) is 19.5. The summed E-state index contributed by atoms with van der Waals surface area (Å²) in [5.74, 6) is 3.03. The molecule has 4 rings (SSSR count). The van der Waals surface area contributed by atoms with E-state index in [0.29, 0.717) is 16.7 Å². The Morgan fingerprint density at radius 3 is 2.55 bits per heavy atom. The molecule has 4 aliphatic rings. The van der Waals surface area contributed by atoms with Crippen molar-refractivity contribution < 1.29 is 10.2 Å². The van der Waals surface area contributed by atoms with Gasteiger partial charge in [-0.3, -0.25) is 0 Å². The normalized spacial score (nSPS) is 43.0. The van der Waals surface area contributed by atoms with Crippen molar-refractivity contribution in [1.82, 2.24) is 0 Å². The van der Waals surface area contributed by atoms with Gasteiger partial charge in [0.15, 0.2) is 0 Å². The van der Waals surface area contributed by atoms with Crippen molar-refractivity contribution in [1.29, 1.82) is 0 Å². The van der Waals surface area contributed by atoms with Crippen molar-refractivity contribution in [3.8, 4) is 0 Å². The predicted octanol–water partition coefficient (Wildman–Crippen LogP) is 6.42. The first-order valence-corrected chi connectivity index (χ1v) is 12.4. The lowest BCUT2D eigenvalue weighted by Crippen LogP contribution is -2.46. The van der Waals surface area contributed by atoms with Crippen molar-refractivity contribution in [3.05, 3.63) is 23.3 Å². The van der Waals surface area contributed by atoms with Gasteiger partial charge in [-0.2, -0.15) is 0 Å². The van der Waals surface area contributed by atoms with Crippen LogP contribution in [0.5, 0.6) is 0 Å². The van der Waals surface area contributed by atoms with Gasteiger partial charge in [0.2, 0.25) is 0 Å². The van der Waals surface area contributed by atoms with E-state index in [1.54, 1.807) is 5.57 Å². The average Bonchev–Trinajstić information content (AvgIpc) is 2.98. The van der Waals surface area contributed by atoms with Gasteiger partial charge < -0.3 is 10.2 Å². The van der Waals surface area contributed by atoms with Crippen LogP contribution in [0.25, 0.3) is 0 Å². The van der Waals surface area contributed by atoms with E-state index in [2.05, 4.69) is 32.9 Å². The third kappa shape index (κ3) is 3.78. The van der Waals surface area contributed by atoms with E-state index in [4.69, 9.17) is 0 Å². The average molecular weight is 401 g/mol. The fraction of sp³-hybridized carbons (Fsp3) is 0.852. The summed E-state index contributed by atoms with van der Waals surface area (Å²) in [5.41, 5.74) is 3.49. The molecule has 2 N–H and O–H groups in total. The van der Waals surface area contributed by atoms with Gasteiger partial charge in [-0.1, -0.05) is 56.9 Å². The molecule has 0 spiro atoms. The van der Waals surface area contributed by atoms with Crippen LogP contribution in [0.3, 0.4) is 0 Å². The van der Waals surface area contributed by atoms with Crippen LogP contribution in [-0.4, -0.2) is 21.9 Å². The Kier molecular flexibility index (Phi) is 5.61. The first kappa shape index (κ1) is 21.6. The van der Waals surface area contributed by atoms with Gasteiger partial charge in [0.05, 0.1) is 11.7 Å². The number of fused-ring (bicyclic) bond motifs is 5. The SMILES string of the molecule is C[C@H](CCCC(C)(C)O)C1CC[C@H]2C3=CC=C4C[C@@H](O)CC[C@]4(C)[C@H]3CC[C@]12C. The van der Waals surface area contributed by atoms with Gasteiger partial charge in [-0.25, -0.2) is 0 Å². The second-order valence-corrected chi connectivity index (χ2v) is 12.2. The molecule has 2 nitrogen and oxygen atoms in total. The molecule has 7 atom stereocenters. The van der Waals surface area contributed by atoms with Crippen LogP contribution in [0.2, 0.25) is 0 Å². The monoisotopic (exact) mass is 400 g/mol. The Balaban J connectivity index is 1.51. The molecule has 0 aromatic carbocycles. The van der Waals surface area contributed by atoms with E-state index < -0.39 is 5.60 Å². The van der Waals surface area contributed by atoms with Crippen molar-refractivity contribution in [2.75, 3.05) is 0 Å². The molecule has 1 unspecified atom stereocenters. The van der Waals surface area contributed by atoms with Crippen LogP contribution in [-0.2, 0) is 0 Å². The number of hydrogen-bond donors (Lipinski definition) is 2. The number of aliphatic hydroxyl groups is 2. The molecule has 164 valence electrons. The Bertz CT molecular complexity index is 683. The van der Waals surface area contributed by atoms with Crippen LogP contribution >= 0.6 is 0 Å². The summed E-state index contributed by atoms with van der Waals surface area (Å²) in [6.45, 7) is 11.5. The topological polar surface area (TPSA) is 40.5 Å². The first-order valence-electron chi connectivity index (χ1n) is 12.4. The highest BCUT2D eigenvalue weighted by Gasteiger charge is 2.56. The van der Waals surface area contributed by atoms with Crippen LogP contribution in [0.15, 0.2) is 23.3 Å². The summed E-state index contributed by atoms with van der Waals surface area (Å²) >= 11 is 0. The molecule has 4 aliphatic carbocycles. The summed E-state index contributed by atoms with van der Waals surface area (Å²) in [6.07, 6.45) is 16.5. The molecule has 0 amide bonds. The molecule has 29 heavy (non-hydrogen) atoms. The molecule has 3 saturated carbocycles. The molecule has 2 heteroatoms. The number of aliphatic hydroxyl groups excluding tert-OH is 1. The maximum atomic E-state index is 10.2. The van der Waals surface area contributed by atoms with Gasteiger partial charge in [0.1, 0.15) is 0 Å². The summed E-state index contributed by atoms with van der Waals surface area (Å²) in [6, 6.07) is 0. The highest BCUT2D eigenvalue weighted by molar-refractivity contribution is 5.38. The smallest absolute Gasteiger partial charge is 0.0591 e. The Morgan fingerprint density at radius 2 is 1.83 bits per heavy atom. The minimum Gasteiger partial charge on any atom is -0.393 e. The summed E-state index contributed by atoms with van der Waals surface area (Å²) < 4.78 is 0. The molecular formula is C27H44O2. The maximum absolute atomic E-state index is 10.2. The highest BCUT2D eigenvalue weighted by Crippen LogP contribution is 2.66. The van der Waals surface area contributed by atoms with E-state index in [1.807, 2.05) is 13.8 Å². The molecule has 3 fully saturated rings. The second kappa shape index (κ2) is 7.52. The minimum absolute atomic E-state index is 0.126. The third-order valence-corrected chi connectivity index (χ3v) is 9.75. The van der Waals surface area contributed by atoms with E-state index >= 15 is 0 Å².